The van der Waals surface area contributed by atoms with Crippen LogP contribution >= 0.6 is 0 Å². The molecule has 2 aromatic rings. The summed E-state index contributed by atoms with van der Waals surface area (Å²) < 4.78 is 40.8. The van der Waals surface area contributed by atoms with E-state index in [4.69, 9.17) is 7.88 Å². The number of hydrogen-bond acceptors (Lipinski definition) is 3. The minimum absolute atomic E-state index is 0.0661. The number of nitrogens with zero attached hydrogens (tertiary/aromatic N) is 1. The zero-order valence-electron chi connectivity index (χ0n) is 14.2. The van der Waals surface area contributed by atoms with E-state index in [0.29, 0.717) is 16.5 Å². The molecule has 112 valence electrons. The first-order valence-electron chi connectivity index (χ1n) is 8.10. The fourth-order valence-corrected chi connectivity index (χ4v) is 3.82. The van der Waals surface area contributed by atoms with Gasteiger partial charge in [0.2, 0.25) is 10.0 Å². The van der Waals surface area contributed by atoms with E-state index >= 15 is 0 Å². The lowest BCUT2D eigenvalue weighted by Crippen LogP contribution is -2.14. The van der Waals surface area contributed by atoms with Gasteiger partial charge in [-0.1, -0.05) is 13.8 Å². The molecule has 1 aliphatic carbocycles. The Hall–Kier alpha value is -1.46. The van der Waals surface area contributed by atoms with Crippen molar-refractivity contribution in [3.63, 3.8) is 0 Å². The third kappa shape index (κ3) is 2.56. The summed E-state index contributed by atoms with van der Waals surface area (Å²) in [7, 11) is -3.88. The number of rotatable bonds is 3. The molecule has 1 aromatic heterocycles. The molecule has 0 atom stereocenters. The molecule has 0 unspecified atom stereocenters. The van der Waals surface area contributed by atoms with Gasteiger partial charge in [-0.3, -0.25) is 4.98 Å². The van der Waals surface area contributed by atoms with Gasteiger partial charge in [-0.25, -0.2) is 13.6 Å². The Balaban J connectivity index is 2.49. The topological polar surface area (TPSA) is 73.0 Å². The minimum Gasteiger partial charge on any atom is -0.261 e. The lowest BCUT2D eigenvalue weighted by molar-refractivity contribution is 0.598. The summed E-state index contributed by atoms with van der Waals surface area (Å²) in [4.78, 5) is 4.36. The van der Waals surface area contributed by atoms with E-state index in [1.807, 2.05) is 0 Å². The number of aryl methyl sites for hydroxylation is 2. The Bertz CT molecular complexity index is 893. The second-order valence-corrected chi connectivity index (χ2v) is 7.32. The molecule has 5 heteroatoms. The van der Waals surface area contributed by atoms with Crippen molar-refractivity contribution in [3.05, 3.63) is 35.2 Å². The van der Waals surface area contributed by atoms with E-state index in [1.54, 1.807) is 26.0 Å². The second-order valence-electron chi connectivity index (χ2n) is 5.79. The summed E-state index contributed by atoms with van der Waals surface area (Å²) in [5.41, 5.74) is 2.27. The molecule has 1 aliphatic rings. The molecule has 0 amide bonds. The van der Waals surface area contributed by atoms with Crippen LogP contribution in [0.1, 0.15) is 39.8 Å². The largest absolute Gasteiger partial charge is 0.261 e. The normalized spacial score (nSPS) is 17.0. The number of primary sulfonamides is 1. The number of sulfonamides is 1. The van der Waals surface area contributed by atoms with E-state index in [0.717, 1.165) is 30.4 Å². The van der Waals surface area contributed by atoms with Gasteiger partial charge >= 0.3 is 0 Å². The van der Waals surface area contributed by atoms with Crippen molar-refractivity contribution < 1.29 is 11.2 Å². The van der Waals surface area contributed by atoms with Crippen LogP contribution in [0, 0.1) is 5.92 Å². The molecule has 2 N–H and O–H groups in total. The molecule has 3 rings (SSSR count). The molecule has 4 nitrogen and oxygen atoms in total. The van der Waals surface area contributed by atoms with Crippen molar-refractivity contribution in [1.82, 2.24) is 4.98 Å². The summed E-state index contributed by atoms with van der Waals surface area (Å²) in [6.45, 7) is 3.59. The molecule has 1 aromatic carbocycles. The SMILES string of the molecule is [2H]C([2H])(c1nccc2c(S(N)(=O)=O)cc3c(c12)CCC3)C(C)C. The average Bonchev–Trinajstić information content (AvgIpc) is 2.92. The maximum Gasteiger partial charge on any atom is 0.238 e. The van der Waals surface area contributed by atoms with Gasteiger partial charge in [0.05, 0.1) is 4.90 Å². The van der Waals surface area contributed by atoms with Gasteiger partial charge in [0.15, 0.2) is 0 Å². The smallest absolute Gasteiger partial charge is 0.238 e. The van der Waals surface area contributed by atoms with Crippen LogP contribution in [0.2, 0.25) is 0 Å². The Morgan fingerprint density at radius 1 is 1.43 bits per heavy atom. The lowest BCUT2D eigenvalue weighted by atomic mass is 9.96. The monoisotopic (exact) mass is 306 g/mol. The van der Waals surface area contributed by atoms with Gasteiger partial charge in [-0.2, -0.15) is 0 Å². The molecule has 0 spiro atoms. The number of fused-ring (bicyclic) bond motifs is 3. The number of aromatic nitrogens is 1. The van der Waals surface area contributed by atoms with Crippen LogP contribution in [-0.4, -0.2) is 13.4 Å². The fourth-order valence-electron chi connectivity index (χ4n) is 3.04. The predicted molar refractivity (Wildman–Crippen MR) is 83.7 cm³/mol. The maximum atomic E-state index is 12.0. The first-order chi connectivity index (χ1) is 10.6. The van der Waals surface area contributed by atoms with Crippen LogP contribution in [0.4, 0.5) is 0 Å². The van der Waals surface area contributed by atoms with Gasteiger partial charge in [0.25, 0.3) is 0 Å². The van der Waals surface area contributed by atoms with Crippen LogP contribution in [0.5, 0.6) is 0 Å². The van der Waals surface area contributed by atoms with Gasteiger partial charge in [-0.05, 0) is 54.8 Å². The van der Waals surface area contributed by atoms with E-state index < -0.39 is 16.4 Å². The molecule has 1 heterocycles. The molecule has 0 radical (unpaired) electrons. The molecule has 0 bridgehead atoms. The summed E-state index contributed by atoms with van der Waals surface area (Å²) >= 11 is 0. The van der Waals surface area contributed by atoms with Crippen molar-refractivity contribution in [3.8, 4) is 0 Å². The molecule has 0 saturated heterocycles. The van der Waals surface area contributed by atoms with Crippen molar-refractivity contribution >= 4 is 20.8 Å². The molecule has 21 heavy (non-hydrogen) atoms. The number of nitrogens with two attached hydrogens (primary N) is 1. The first-order valence-corrected chi connectivity index (χ1v) is 8.65. The van der Waals surface area contributed by atoms with Crippen LogP contribution in [0.15, 0.2) is 23.2 Å². The summed E-state index contributed by atoms with van der Waals surface area (Å²) in [6, 6.07) is 3.27. The predicted octanol–water partition coefficient (Wildman–Crippen LogP) is 2.57. The van der Waals surface area contributed by atoms with Gasteiger partial charge in [0.1, 0.15) is 0 Å². The third-order valence-corrected chi connectivity index (χ3v) is 4.77. The van der Waals surface area contributed by atoms with Crippen LogP contribution in [-0.2, 0) is 29.2 Å². The molecule has 0 aliphatic heterocycles. The quantitative estimate of drug-likeness (QED) is 0.947. The third-order valence-electron chi connectivity index (χ3n) is 3.82. The molecular formula is C16H20N2O2S. The van der Waals surface area contributed by atoms with Crippen molar-refractivity contribution in [1.29, 1.82) is 0 Å². The van der Waals surface area contributed by atoms with Crippen LogP contribution in [0.25, 0.3) is 10.8 Å². The van der Waals surface area contributed by atoms with E-state index in [2.05, 4.69) is 4.98 Å². The Morgan fingerprint density at radius 3 is 2.86 bits per heavy atom. The minimum atomic E-state index is -3.88. The van der Waals surface area contributed by atoms with E-state index in [1.165, 1.54) is 6.20 Å². The molecular weight excluding hydrogens is 284 g/mol. The van der Waals surface area contributed by atoms with Crippen molar-refractivity contribution in [2.45, 2.75) is 44.4 Å². The number of benzene rings is 1. The van der Waals surface area contributed by atoms with Crippen molar-refractivity contribution in [2.75, 3.05) is 0 Å². The standard InChI is InChI=1S/C16H20N2O2S/c1-10(2)8-14-16-12-5-3-4-11(12)9-15(21(17,19)20)13(16)6-7-18-14/h6-7,9-10H,3-5,8H2,1-2H3,(H2,17,19,20)/i8D2. The highest BCUT2D eigenvalue weighted by Crippen LogP contribution is 2.36. The van der Waals surface area contributed by atoms with Gasteiger partial charge < -0.3 is 0 Å². The number of pyridine rings is 1. The highest BCUT2D eigenvalue weighted by molar-refractivity contribution is 7.89. The highest BCUT2D eigenvalue weighted by Gasteiger charge is 2.23. The van der Waals surface area contributed by atoms with Gasteiger partial charge in [-0.15, -0.1) is 0 Å². The Morgan fingerprint density at radius 2 is 2.19 bits per heavy atom. The maximum absolute atomic E-state index is 12.0. The van der Waals surface area contributed by atoms with Crippen LogP contribution < -0.4 is 5.14 Å². The summed E-state index contributed by atoms with van der Waals surface area (Å²) in [6.07, 6.45) is 2.34. The Labute approximate surface area is 128 Å². The van der Waals surface area contributed by atoms with Gasteiger partial charge in [0, 0.05) is 25.4 Å². The second kappa shape index (κ2) is 5.07. The first kappa shape index (κ1) is 12.1. The zero-order chi connectivity index (χ0) is 17.0. The zero-order valence-corrected chi connectivity index (χ0v) is 13.0. The average molecular weight is 306 g/mol. The summed E-state index contributed by atoms with van der Waals surface area (Å²) in [5, 5.41) is 6.50. The molecule has 0 fully saturated rings. The summed E-state index contributed by atoms with van der Waals surface area (Å²) in [5.74, 6) is -0.282. The lowest BCUT2D eigenvalue weighted by Gasteiger charge is -2.14. The Kier molecular flexibility index (Phi) is 2.93. The van der Waals surface area contributed by atoms with Crippen molar-refractivity contribution in [2.24, 2.45) is 11.1 Å². The van der Waals surface area contributed by atoms with Crippen LogP contribution in [0.3, 0.4) is 0 Å². The fraction of sp³-hybridized carbons (Fsp3) is 0.438. The van der Waals surface area contributed by atoms with E-state index in [-0.39, 0.29) is 10.8 Å². The number of hydrogen-bond donors (Lipinski definition) is 1. The molecule has 0 saturated carbocycles. The highest BCUT2D eigenvalue weighted by atomic mass is 32.2. The van der Waals surface area contributed by atoms with E-state index in [9.17, 15) is 8.42 Å².